The molecule has 1 aromatic heterocycles. The summed E-state index contributed by atoms with van der Waals surface area (Å²) in [4.78, 5) is 15.8. The third-order valence-corrected chi connectivity index (χ3v) is 6.42. The molecule has 0 bridgehead atoms. The minimum atomic E-state index is -4.63. The lowest BCUT2D eigenvalue weighted by Gasteiger charge is -2.19. The second-order valence-electron chi connectivity index (χ2n) is 7.88. The minimum Gasteiger partial charge on any atom is -0.445 e. The molecule has 0 saturated heterocycles. The number of aromatic nitrogens is 1. The zero-order valence-corrected chi connectivity index (χ0v) is 19.7. The van der Waals surface area contributed by atoms with Gasteiger partial charge in [-0.15, -0.1) is 0 Å². The molecule has 2 aromatic carbocycles. The second-order valence-corrected chi connectivity index (χ2v) is 9.73. The van der Waals surface area contributed by atoms with Crippen molar-refractivity contribution in [1.82, 2.24) is 15.0 Å². The zero-order valence-electron chi connectivity index (χ0n) is 18.8. The number of nitrogens with one attached hydrogen (secondary N) is 2. The summed E-state index contributed by atoms with van der Waals surface area (Å²) < 4.78 is 85.6. The van der Waals surface area contributed by atoms with Crippen molar-refractivity contribution in [3.8, 4) is 0 Å². The Labute approximate surface area is 205 Å². The van der Waals surface area contributed by atoms with Gasteiger partial charge in [0.1, 0.15) is 12.4 Å². The molecular weight excluding hydrogens is 502 g/mol. The van der Waals surface area contributed by atoms with Crippen LogP contribution in [0.1, 0.15) is 22.3 Å². The number of carbonyl (C=O) groups excluding carboxylic acids is 1. The van der Waals surface area contributed by atoms with Crippen molar-refractivity contribution < 1.29 is 35.5 Å². The van der Waals surface area contributed by atoms with Crippen LogP contribution in [-0.4, -0.2) is 31.3 Å². The van der Waals surface area contributed by atoms with Crippen LogP contribution >= 0.6 is 0 Å². The molecule has 1 unspecified atom stereocenters. The van der Waals surface area contributed by atoms with Crippen LogP contribution in [0.3, 0.4) is 0 Å². The number of ether oxygens (including phenoxy) is 1. The van der Waals surface area contributed by atoms with Crippen molar-refractivity contribution in [3.63, 3.8) is 0 Å². The Morgan fingerprint density at radius 1 is 1.00 bits per heavy atom. The maximum absolute atomic E-state index is 14.2. The van der Waals surface area contributed by atoms with E-state index in [2.05, 4.69) is 15.0 Å². The molecule has 1 atom stereocenters. The van der Waals surface area contributed by atoms with E-state index in [4.69, 9.17) is 4.74 Å². The number of hydrogen-bond donors (Lipinski definition) is 2. The molecule has 0 fully saturated rings. The number of alkyl carbamates (subject to hydrolysis) is 1. The zero-order chi connectivity index (χ0) is 26.2. The number of benzene rings is 2. The lowest BCUT2D eigenvalue weighted by atomic mass is 10.1. The maximum Gasteiger partial charge on any atom is 0.417 e. The predicted octanol–water partition coefficient (Wildman–Crippen LogP) is 4.20. The molecule has 0 aliphatic rings. The van der Waals surface area contributed by atoms with E-state index < -0.39 is 52.0 Å². The Bertz CT molecular complexity index is 1270. The van der Waals surface area contributed by atoms with Crippen LogP contribution in [0.25, 0.3) is 0 Å². The fraction of sp³-hybridized carbons (Fsp3) is 0.250. The number of carbonyl (C=O) groups is 1. The second kappa shape index (κ2) is 12.0. The van der Waals surface area contributed by atoms with Crippen LogP contribution in [0.2, 0.25) is 0 Å². The molecule has 7 nitrogen and oxygen atoms in total. The van der Waals surface area contributed by atoms with E-state index in [1.165, 1.54) is 18.2 Å². The molecule has 2 N–H and O–H groups in total. The Kier molecular flexibility index (Phi) is 8.99. The number of alkyl halides is 3. The number of hydrogen-bond acceptors (Lipinski definition) is 5. The van der Waals surface area contributed by atoms with Gasteiger partial charge >= 0.3 is 12.3 Å². The largest absolute Gasteiger partial charge is 0.445 e. The van der Waals surface area contributed by atoms with Gasteiger partial charge in [-0.05, 0) is 35.2 Å². The van der Waals surface area contributed by atoms with Gasteiger partial charge in [0.05, 0.1) is 17.4 Å². The number of halogens is 4. The summed E-state index contributed by atoms with van der Waals surface area (Å²) in [6.45, 7) is -0.517. The fourth-order valence-corrected chi connectivity index (χ4v) is 4.50. The Morgan fingerprint density at radius 3 is 2.39 bits per heavy atom. The Morgan fingerprint density at radius 2 is 1.69 bits per heavy atom. The van der Waals surface area contributed by atoms with Gasteiger partial charge in [0, 0.05) is 18.9 Å². The van der Waals surface area contributed by atoms with Crippen molar-refractivity contribution in [2.75, 3.05) is 5.75 Å². The number of pyridine rings is 1. The van der Waals surface area contributed by atoms with Gasteiger partial charge < -0.3 is 10.1 Å². The summed E-state index contributed by atoms with van der Waals surface area (Å²) in [5.74, 6) is -1.25. The fourth-order valence-electron chi connectivity index (χ4n) is 3.27. The third kappa shape index (κ3) is 8.61. The highest BCUT2D eigenvalue weighted by atomic mass is 32.2. The first-order valence-electron chi connectivity index (χ1n) is 10.7. The molecule has 3 aromatic rings. The standard InChI is InChI=1S/C24H23F4N3O4S/c25-22-9-5-4-8-19(22)11-21(31-23(32)35-15-17-6-2-1-3-7-17)16-36(33,34)30-13-18-10-20(14-29-12-18)24(26,27)28/h1-10,12,14,21,30H,11,13,15-16H2,(H,31,32). The van der Waals surface area contributed by atoms with Crippen molar-refractivity contribution in [1.29, 1.82) is 0 Å². The molecule has 12 heteroatoms. The van der Waals surface area contributed by atoms with Gasteiger partial charge in [-0.25, -0.2) is 22.3 Å². The highest BCUT2D eigenvalue weighted by molar-refractivity contribution is 7.89. The molecule has 192 valence electrons. The van der Waals surface area contributed by atoms with Crippen molar-refractivity contribution in [3.05, 3.63) is 101 Å². The molecule has 0 spiro atoms. The Balaban J connectivity index is 1.68. The third-order valence-electron chi connectivity index (χ3n) is 5.00. The molecule has 0 saturated carbocycles. The number of sulfonamides is 1. The minimum absolute atomic E-state index is 0.00529. The van der Waals surface area contributed by atoms with E-state index in [0.717, 1.165) is 12.3 Å². The maximum atomic E-state index is 14.2. The predicted molar refractivity (Wildman–Crippen MR) is 124 cm³/mol. The van der Waals surface area contributed by atoms with Gasteiger partial charge in [-0.3, -0.25) is 4.98 Å². The van der Waals surface area contributed by atoms with Gasteiger partial charge in [0.25, 0.3) is 0 Å². The molecule has 1 heterocycles. The number of rotatable bonds is 10. The first kappa shape index (κ1) is 27.1. The number of amides is 1. The smallest absolute Gasteiger partial charge is 0.417 e. The van der Waals surface area contributed by atoms with Crippen molar-refractivity contribution in [2.24, 2.45) is 0 Å². The quantitative estimate of drug-likeness (QED) is 0.387. The van der Waals surface area contributed by atoms with E-state index >= 15 is 0 Å². The van der Waals surface area contributed by atoms with Crippen LogP contribution < -0.4 is 10.0 Å². The first-order chi connectivity index (χ1) is 17.0. The highest BCUT2D eigenvalue weighted by Gasteiger charge is 2.31. The highest BCUT2D eigenvalue weighted by Crippen LogP contribution is 2.28. The normalized spacial score (nSPS) is 12.7. The van der Waals surface area contributed by atoms with Gasteiger partial charge in [0.15, 0.2) is 0 Å². The average molecular weight is 526 g/mol. The van der Waals surface area contributed by atoms with Crippen molar-refractivity contribution >= 4 is 16.1 Å². The molecule has 36 heavy (non-hydrogen) atoms. The van der Waals surface area contributed by atoms with Crippen LogP contribution in [0.15, 0.2) is 73.1 Å². The van der Waals surface area contributed by atoms with E-state index in [1.54, 1.807) is 36.4 Å². The molecule has 0 radical (unpaired) electrons. The van der Waals surface area contributed by atoms with Gasteiger partial charge in [-0.1, -0.05) is 48.5 Å². The molecule has 0 aliphatic heterocycles. The van der Waals surface area contributed by atoms with Crippen LogP contribution in [0.5, 0.6) is 0 Å². The van der Waals surface area contributed by atoms with E-state index in [9.17, 15) is 30.8 Å². The van der Waals surface area contributed by atoms with Crippen LogP contribution in [-0.2, 0) is 40.5 Å². The topological polar surface area (TPSA) is 97.4 Å². The van der Waals surface area contributed by atoms with Gasteiger partial charge in [0.2, 0.25) is 10.0 Å². The van der Waals surface area contributed by atoms with E-state index in [1.807, 2.05) is 0 Å². The summed E-state index contributed by atoms with van der Waals surface area (Å²) in [7, 11) is -4.12. The molecular formula is C24H23F4N3O4S. The Hall–Kier alpha value is -3.51. The molecule has 1 amide bonds. The molecule has 0 aliphatic carbocycles. The number of nitrogens with zero attached hydrogens (tertiary/aromatic N) is 1. The van der Waals surface area contributed by atoms with Crippen molar-refractivity contribution in [2.45, 2.75) is 31.8 Å². The summed E-state index contributed by atoms with van der Waals surface area (Å²) >= 11 is 0. The van der Waals surface area contributed by atoms with Crippen LogP contribution in [0.4, 0.5) is 22.4 Å². The average Bonchev–Trinajstić information content (AvgIpc) is 2.83. The summed E-state index contributed by atoms with van der Waals surface area (Å²) in [5.41, 5.74) is -0.140. The SMILES string of the molecule is O=C(NC(Cc1ccccc1F)CS(=O)(=O)NCc1cncc(C(F)(F)F)c1)OCc1ccccc1. The monoisotopic (exact) mass is 525 g/mol. The lowest BCUT2D eigenvalue weighted by Crippen LogP contribution is -2.44. The summed E-state index contributed by atoms with van der Waals surface area (Å²) in [6.07, 6.45) is -3.96. The lowest BCUT2D eigenvalue weighted by molar-refractivity contribution is -0.137. The van der Waals surface area contributed by atoms with E-state index in [0.29, 0.717) is 11.8 Å². The first-order valence-corrected chi connectivity index (χ1v) is 12.4. The molecule has 3 rings (SSSR count). The summed E-state index contributed by atoms with van der Waals surface area (Å²) in [5, 5.41) is 2.44. The van der Waals surface area contributed by atoms with Crippen LogP contribution in [0, 0.1) is 5.82 Å². The van der Waals surface area contributed by atoms with Gasteiger partial charge in [-0.2, -0.15) is 13.2 Å². The summed E-state index contributed by atoms with van der Waals surface area (Å²) in [6, 6.07) is 14.2. The van der Waals surface area contributed by atoms with E-state index in [-0.39, 0.29) is 24.2 Å².